The van der Waals surface area contributed by atoms with E-state index in [0.29, 0.717) is 4.47 Å². The Hall–Kier alpha value is -2.14. The summed E-state index contributed by atoms with van der Waals surface area (Å²) in [7, 11) is 0. The van der Waals surface area contributed by atoms with Crippen molar-refractivity contribution in [2.24, 2.45) is 5.92 Å². The molecule has 24 heavy (non-hydrogen) atoms. The predicted octanol–water partition coefficient (Wildman–Crippen LogP) is 2.32. The molecule has 1 aliphatic rings. The zero-order valence-electron chi connectivity index (χ0n) is 13.0. The minimum Gasteiger partial charge on any atom is -0.481 e. The van der Waals surface area contributed by atoms with E-state index in [-0.39, 0.29) is 11.7 Å². The quantitative estimate of drug-likeness (QED) is 0.711. The maximum atomic E-state index is 12.9. The van der Waals surface area contributed by atoms with E-state index in [2.05, 4.69) is 27.3 Å². The largest absolute Gasteiger partial charge is 0.481 e. The molecule has 0 saturated heterocycles. The van der Waals surface area contributed by atoms with Gasteiger partial charge < -0.3 is 14.8 Å². The van der Waals surface area contributed by atoms with E-state index in [1.165, 1.54) is 18.2 Å². The molecule has 2 rings (SSSR count). The monoisotopic (exact) mass is 398 g/mol. The summed E-state index contributed by atoms with van der Waals surface area (Å²) in [5.41, 5.74) is -0.932. The average Bonchev–Trinajstić information content (AvgIpc) is 3.37. The second kappa shape index (κ2) is 7.62. The number of benzene rings is 1. The third-order valence-electron chi connectivity index (χ3n) is 3.63. The molecule has 1 atom stereocenters. The van der Waals surface area contributed by atoms with Crippen LogP contribution >= 0.6 is 15.9 Å². The van der Waals surface area contributed by atoms with Gasteiger partial charge in [-0.25, -0.2) is 9.18 Å². The Kier molecular flexibility index (Phi) is 5.78. The first-order valence-corrected chi connectivity index (χ1v) is 8.09. The Bertz CT molecular complexity index is 687. The van der Waals surface area contributed by atoms with Crippen molar-refractivity contribution in [3.63, 3.8) is 0 Å². The van der Waals surface area contributed by atoms with Gasteiger partial charge in [0.05, 0.1) is 10.5 Å². The number of carbonyl (C=O) groups excluding carboxylic acids is 2. The van der Waals surface area contributed by atoms with Gasteiger partial charge in [-0.05, 0) is 59.8 Å². The summed E-state index contributed by atoms with van der Waals surface area (Å²) in [4.78, 5) is 23.4. The molecule has 0 radical (unpaired) electrons. The summed E-state index contributed by atoms with van der Waals surface area (Å²) in [6.07, 6.45) is 1.79. The van der Waals surface area contributed by atoms with Gasteiger partial charge in [0.2, 0.25) is 0 Å². The Balaban J connectivity index is 1.74. The standard InChI is InChI=1S/C16H16BrFN2O4/c1-16(9-19,10-2-3-10)20-14(21)7-24-15(22)8-23-13-5-4-11(18)6-12(13)17/h4-6,10H,2-3,7-8H2,1H3,(H,20,21)/t16-/m1/s1. The highest BCUT2D eigenvalue weighted by Gasteiger charge is 2.43. The lowest BCUT2D eigenvalue weighted by Gasteiger charge is -2.22. The van der Waals surface area contributed by atoms with E-state index in [1.807, 2.05) is 0 Å². The van der Waals surface area contributed by atoms with Gasteiger partial charge in [-0.2, -0.15) is 5.26 Å². The molecule has 0 aliphatic heterocycles. The molecular formula is C16H16BrFN2O4. The van der Waals surface area contributed by atoms with Gasteiger partial charge in [0.1, 0.15) is 17.1 Å². The third kappa shape index (κ3) is 4.93. The molecule has 1 aliphatic carbocycles. The minimum absolute atomic E-state index is 0.140. The lowest BCUT2D eigenvalue weighted by molar-refractivity contribution is -0.150. The van der Waals surface area contributed by atoms with Crippen molar-refractivity contribution in [2.45, 2.75) is 25.3 Å². The van der Waals surface area contributed by atoms with E-state index in [4.69, 9.17) is 14.7 Å². The molecule has 0 heterocycles. The molecule has 6 nitrogen and oxygen atoms in total. The number of amides is 1. The number of hydrogen-bond acceptors (Lipinski definition) is 5. The van der Waals surface area contributed by atoms with Gasteiger partial charge in [0.15, 0.2) is 13.2 Å². The number of nitrogens with zero attached hydrogens (tertiary/aromatic N) is 1. The Morgan fingerprint density at radius 2 is 2.17 bits per heavy atom. The van der Waals surface area contributed by atoms with E-state index in [0.717, 1.165) is 12.8 Å². The van der Waals surface area contributed by atoms with Gasteiger partial charge in [0, 0.05) is 0 Å². The maximum absolute atomic E-state index is 12.9. The summed E-state index contributed by atoms with van der Waals surface area (Å²) in [5.74, 6) is -1.30. The van der Waals surface area contributed by atoms with Crippen molar-refractivity contribution < 1.29 is 23.5 Å². The predicted molar refractivity (Wildman–Crippen MR) is 85.4 cm³/mol. The van der Waals surface area contributed by atoms with E-state index >= 15 is 0 Å². The van der Waals surface area contributed by atoms with Crippen LogP contribution in [0.3, 0.4) is 0 Å². The first-order chi connectivity index (χ1) is 11.3. The zero-order valence-corrected chi connectivity index (χ0v) is 14.6. The first kappa shape index (κ1) is 18.2. The van der Waals surface area contributed by atoms with Crippen molar-refractivity contribution in [3.8, 4) is 11.8 Å². The minimum atomic E-state index is -0.932. The van der Waals surface area contributed by atoms with Gasteiger partial charge in [-0.1, -0.05) is 0 Å². The summed E-state index contributed by atoms with van der Waals surface area (Å²) in [5, 5.41) is 11.7. The van der Waals surface area contributed by atoms with Crippen molar-refractivity contribution in [3.05, 3.63) is 28.5 Å². The number of carbonyl (C=O) groups is 2. The molecule has 128 valence electrons. The van der Waals surface area contributed by atoms with Crippen LogP contribution in [0.15, 0.2) is 22.7 Å². The van der Waals surface area contributed by atoms with E-state index in [1.54, 1.807) is 6.92 Å². The highest BCUT2D eigenvalue weighted by molar-refractivity contribution is 9.10. The zero-order chi connectivity index (χ0) is 17.7. The van der Waals surface area contributed by atoms with Crippen LogP contribution in [0.5, 0.6) is 5.75 Å². The number of halogens is 2. The van der Waals surface area contributed by atoms with Gasteiger partial charge >= 0.3 is 5.97 Å². The number of ether oxygens (including phenoxy) is 2. The highest BCUT2D eigenvalue weighted by Crippen LogP contribution is 2.39. The van der Waals surface area contributed by atoms with Crippen molar-refractivity contribution in [1.29, 1.82) is 5.26 Å². The van der Waals surface area contributed by atoms with Crippen molar-refractivity contribution >= 4 is 27.8 Å². The Morgan fingerprint density at radius 3 is 2.75 bits per heavy atom. The fraction of sp³-hybridized carbons (Fsp3) is 0.438. The summed E-state index contributed by atoms with van der Waals surface area (Å²) >= 11 is 3.11. The molecule has 1 aromatic rings. The van der Waals surface area contributed by atoms with Crippen LogP contribution in [0, 0.1) is 23.1 Å². The highest BCUT2D eigenvalue weighted by atomic mass is 79.9. The van der Waals surface area contributed by atoms with Gasteiger partial charge in [-0.15, -0.1) is 0 Å². The second-order valence-electron chi connectivity index (χ2n) is 5.66. The average molecular weight is 399 g/mol. The summed E-state index contributed by atoms with van der Waals surface area (Å²) in [6.45, 7) is 0.742. The van der Waals surface area contributed by atoms with Crippen LogP contribution in [-0.4, -0.2) is 30.6 Å². The number of esters is 1. The number of nitrogens with one attached hydrogen (secondary N) is 1. The molecule has 1 aromatic carbocycles. The molecule has 8 heteroatoms. The lowest BCUT2D eigenvalue weighted by Crippen LogP contribution is -2.48. The second-order valence-corrected chi connectivity index (χ2v) is 6.52. The van der Waals surface area contributed by atoms with Crippen LogP contribution in [0.1, 0.15) is 19.8 Å². The number of hydrogen-bond donors (Lipinski definition) is 1. The topological polar surface area (TPSA) is 88.4 Å². The van der Waals surface area contributed by atoms with Crippen molar-refractivity contribution in [2.75, 3.05) is 13.2 Å². The number of rotatable bonds is 7. The fourth-order valence-electron chi connectivity index (χ4n) is 2.12. The molecule has 0 spiro atoms. The molecule has 1 N–H and O–H groups in total. The maximum Gasteiger partial charge on any atom is 0.344 e. The van der Waals surface area contributed by atoms with Gasteiger partial charge in [0.25, 0.3) is 5.91 Å². The van der Waals surface area contributed by atoms with Crippen molar-refractivity contribution in [1.82, 2.24) is 5.32 Å². The molecular weight excluding hydrogens is 383 g/mol. The van der Waals surface area contributed by atoms with Crippen LogP contribution in [0.2, 0.25) is 0 Å². The fourth-order valence-corrected chi connectivity index (χ4v) is 2.59. The molecule has 1 saturated carbocycles. The van der Waals surface area contributed by atoms with E-state index in [9.17, 15) is 14.0 Å². The van der Waals surface area contributed by atoms with E-state index < -0.39 is 36.4 Å². The lowest BCUT2D eigenvalue weighted by atomic mass is 9.98. The van der Waals surface area contributed by atoms with Crippen LogP contribution < -0.4 is 10.1 Å². The van der Waals surface area contributed by atoms with Gasteiger partial charge in [-0.3, -0.25) is 4.79 Å². The summed E-state index contributed by atoms with van der Waals surface area (Å²) in [6, 6.07) is 5.85. The Morgan fingerprint density at radius 1 is 1.46 bits per heavy atom. The molecule has 0 aromatic heterocycles. The van der Waals surface area contributed by atoms with Crippen LogP contribution in [0.4, 0.5) is 4.39 Å². The van der Waals surface area contributed by atoms with Crippen LogP contribution in [0.25, 0.3) is 0 Å². The Labute approximate surface area is 147 Å². The first-order valence-electron chi connectivity index (χ1n) is 7.30. The molecule has 0 bridgehead atoms. The summed E-state index contributed by atoms with van der Waals surface area (Å²) < 4.78 is 23.3. The van der Waals surface area contributed by atoms with Crippen LogP contribution in [-0.2, 0) is 14.3 Å². The normalized spacial score (nSPS) is 15.8. The molecule has 1 fully saturated rings. The molecule has 0 unspecified atom stereocenters. The SMILES string of the molecule is C[C@](C#N)(NC(=O)COC(=O)COc1ccc(F)cc1Br)C1CC1. The number of nitriles is 1. The third-order valence-corrected chi connectivity index (χ3v) is 4.25. The smallest absolute Gasteiger partial charge is 0.344 e. The molecule has 1 amide bonds.